The second kappa shape index (κ2) is 6.31. The quantitative estimate of drug-likeness (QED) is 0.776. The fourth-order valence-electron chi connectivity index (χ4n) is 2.52. The average Bonchev–Trinajstić information content (AvgIpc) is 2.76. The Morgan fingerprint density at radius 3 is 2.61 bits per heavy atom. The molecule has 0 atom stereocenters. The van der Waals surface area contributed by atoms with Gasteiger partial charge in [-0.2, -0.15) is 0 Å². The van der Waals surface area contributed by atoms with Crippen LogP contribution in [0.25, 0.3) is 0 Å². The van der Waals surface area contributed by atoms with Crippen molar-refractivity contribution in [1.82, 2.24) is 4.90 Å². The molecule has 1 aromatic rings. The van der Waals surface area contributed by atoms with E-state index in [2.05, 4.69) is 34.7 Å². The van der Waals surface area contributed by atoms with Gasteiger partial charge in [-0.05, 0) is 65.8 Å². The first kappa shape index (κ1) is 14.2. The van der Waals surface area contributed by atoms with Crippen molar-refractivity contribution in [1.29, 1.82) is 0 Å². The van der Waals surface area contributed by atoms with E-state index in [1.807, 2.05) is 12.1 Å². The molecule has 0 aromatic carbocycles. The summed E-state index contributed by atoms with van der Waals surface area (Å²) in [5, 5.41) is 0. The Bertz CT molecular complexity index is 408. The highest BCUT2D eigenvalue weighted by Crippen LogP contribution is 2.26. The van der Waals surface area contributed by atoms with E-state index in [4.69, 9.17) is 0 Å². The Balaban J connectivity index is 1.83. The lowest BCUT2D eigenvalue weighted by molar-refractivity contribution is 0.0884. The van der Waals surface area contributed by atoms with E-state index in [0.717, 1.165) is 33.6 Å². The van der Waals surface area contributed by atoms with Gasteiger partial charge in [-0.3, -0.25) is 9.69 Å². The number of hydrogen-bond donors (Lipinski definition) is 0. The number of piperidine rings is 1. The lowest BCUT2D eigenvalue weighted by Gasteiger charge is -2.33. The fraction of sp³-hybridized carbons (Fsp3) is 0.643. The van der Waals surface area contributed by atoms with Gasteiger partial charge in [0.05, 0.1) is 15.2 Å². The van der Waals surface area contributed by atoms with Crippen LogP contribution in [0.1, 0.15) is 36.4 Å². The third kappa shape index (κ3) is 3.65. The molecule has 1 aromatic heterocycles. The summed E-state index contributed by atoms with van der Waals surface area (Å²) in [6.45, 7) is 7.32. The molecule has 4 heteroatoms. The highest BCUT2D eigenvalue weighted by atomic mass is 79.9. The first-order valence-electron chi connectivity index (χ1n) is 6.57. The van der Waals surface area contributed by atoms with Crippen LogP contribution in [0.3, 0.4) is 0 Å². The number of thiophene rings is 1. The molecule has 0 radical (unpaired) electrons. The molecule has 2 rings (SSSR count). The number of carbonyl (C=O) groups excluding carboxylic acids is 1. The molecule has 1 fully saturated rings. The Morgan fingerprint density at radius 2 is 2.11 bits per heavy atom. The summed E-state index contributed by atoms with van der Waals surface area (Å²) in [5.41, 5.74) is 0. The van der Waals surface area contributed by atoms with Gasteiger partial charge in [0.15, 0.2) is 5.78 Å². The van der Waals surface area contributed by atoms with Crippen molar-refractivity contribution >= 4 is 33.0 Å². The minimum absolute atomic E-state index is 0.258. The summed E-state index contributed by atoms with van der Waals surface area (Å²) >= 11 is 4.93. The topological polar surface area (TPSA) is 20.3 Å². The second-order valence-corrected chi connectivity index (χ2v) is 7.85. The van der Waals surface area contributed by atoms with E-state index in [1.165, 1.54) is 24.2 Å². The monoisotopic (exact) mass is 329 g/mol. The zero-order valence-corrected chi connectivity index (χ0v) is 13.4. The zero-order chi connectivity index (χ0) is 13.1. The van der Waals surface area contributed by atoms with Gasteiger partial charge in [-0.1, -0.05) is 13.8 Å². The van der Waals surface area contributed by atoms with Gasteiger partial charge >= 0.3 is 0 Å². The van der Waals surface area contributed by atoms with Crippen LogP contribution in [0.5, 0.6) is 0 Å². The molecular weight excluding hydrogens is 310 g/mol. The molecule has 0 unspecified atom stereocenters. The van der Waals surface area contributed by atoms with Gasteiger partial charge in [0, 0.05) is 0 Å². The molecule has 0 amide bonds. The van der Waals surface area contributed by atoms with E-state index < -0.39 is 0 Å². The van der Waals surface area contributed by atoms with Gasteiger partial charge in [0.25, 0.3) is 0 Å². The van der Waals surface area contributed by atoms with Crippen molar-refractivity contribution < 1.29 is 4.79 Å². The molecule has 1 saturated heterocycles. The Kier molecular flexibility index (Phi) is 4.98. The van der Waals surface area contributed by atoms with Crippen LogP contribution in [0, 0.1) is 11.8 Å². The Morgan fingerprint density at radius 1 is 1.44 bits per heavy atom. The van der Waals surface area contributed by atoms with Crippen LogP contribution >= 0.6 is 27.3 Å². The molecule has 0 saturated carbocycles. The van der Waals surface area contributed by atoms with Crippen molar-refractivity contribution in [3.8, 4) is 0 Å². The molecule has 0 spiro atoms. The fourth-order valence-corrected chi connectivity index (χ4v) is 3.84. The number of nitrogens with zero attached hydrogens (tertiary/aromatic N) is 1. The second-order valence-electron chi connectivity index (χ2n) is 5.38. The average molecular weight is 330 g/mol. The summed E-state index contributed by atoms with van der Waals surface area (Å²) in [4.78, 5) is 15.3. The molecule has 2 nitrogen and oxygen atoms in total. The van der Waals surface area contributed by atoms with Crippen molar-refractivity contribution in [2.45, 2.75) is 26.7 Å². The smallest absolute Gasteiger partial charge is 0.186 e. The number of halogens is 1. The van der Waals surface area contributed by atoms with E-state index >= 15 is 0 Å². The molecular formula is C14H20BrNOS. The maximum absolute atomic E-state index is 12.1. The maximum atomic E-state index is 12.1. The van der Waals surface area contributed by atoms with E-state index in [9.17, 15) is 4.79 Å². The normalized spacial score (nSPS) is 18.4. The highest BCUT2D eigenvalue weighted by molar-refractivity contribution is 9.11. The van der Waals surface area contributed by atoms with Gasteiger partial charge in [-0.25, -0.2) is 0 Å². The Hall–Kier alpha value is -0.190. The van der Waals surface area contributed by atoms with E-state index in [1.54, 1.807) is 0 Å². The molecule has 1 aliphatic heterocycles. The Labute approximate surface area is 122 Å². The van der Waals surface area contributed by atoms with Crippen LogP contribution in [0.15, 0.2) is 15.9 Å². The number of rotatable bonds is 4. The molecule has 100 valence electrons. The van der Waals surface area contributed by atoms with Gasteiger partial charge in [0.1, 0.15) is 0 Å². The number of carbonyl (C=O) groups is 1. The summed E-state index contributed by atoms with van der Waals surface area (Å²) in [5.74, 6) is 1.87. The van der Waals surface area contributed by atoms with Crippen molar-refractivity contribution in [3.05, 3.63) is 20.8 Å². The van der Waals surface area contributed by atoms with Crippen molar-refractivity contribution in [2.24, 2.45) is 11.8 Å². The van der Waals surface area contributed by atoms with Gasteiger partial charge < -0.3 is 0 Å². The van der Waals surface area contributed by atoms with Gasteiger partial charge in [-0.15, -0.1) is 11.3 Å². The molecule has 18 heavy (non-hydrogen) atoms. The summed E-state index contributed by atoms with van der Waals surface area (Å²) in [6.07, 6.45) is 2.47. The van der Waals surface area contributed by atoms with Crippen LogP contribution in [-0.2, 0) is 0 Å². The molecule has 0 N–H and O–H groups in total. The predicted molar refractivity (Wildman–Crippen MR) is 80.4 cm³/mol. The minimum atomic E-state index is 0.258. The minimum Gasteiger partial charge on any atom is -0.296 e. The molecule has 0 bridgehead atoms. The van der Waals surface area contributed by atoms with Gasteiger partial charge in [0.2, 0.25) is 0 Å². The lowest BCUT2D eigenvalue weighted by atomic mass is 9.87. The molecule has 0 aliphatic carbocycles. The molecule has 2 heterocycles. The number of hydrogen-bond acceptors (Lipinski definition) is 3. The van der Waals surface area contributed by atoms with Crippen LogP contribution in [0.2, 0.25) is 0 Å². The summed E-state index contributed by atoms with van der Waals surface area (Å²) in [6, 6.07) is 3.86. The van der Waals surface area contributed by atoms with Crippen LogP contribution in [-0.4, -0.2) is 30.3 Å². The SMILES string of the molecule is CC(C)C1CCN(CC(=O)c2ccc(Br)s2)CC1. The number of Topliss-reactive ketones (excluding diaryl/α,β-unsaturated/α-hetero) is 1. The number of ketones is 1. The third-order valence-corrected chi connectivity index (χ3v) is 5.45. The van der Waals surface area contributed by atoms with Crippen LogP contribution < -0.4 is 0 Å². The predicted octanol–water partition coefficient (Wildman–Crippen LogP) is 4.06. The standard InChI is InChI=1S/C14H20BrNOS/c1-10(2)11-5-7-16(8-6-11)9-12(17)13-3-4-14(15)18-13/h3-4,10-11H,5-9H2,1-2H3. The van der Waals surface area contributed by atoms with Crippen molar-refractivity contribution in [3.63, 3.8) is 0 Å². The van der Waals surface area contributed by atoms with Crippen LogP contribution in [0.4, 0.5) is 0 Å². The summed E-state index contributed by atoms with van der Waals surface area (Å²) < 4.78 is 1.03. The van der Waals surface area contributed by atoms with Crippen molar-refractivity contribution in [2.75, 3.05) is 19.6 Å². The highest BCUT2D eigenvalue weighted by Gasteiger charge is 2.23. The van der Waals surface area contributed by atoms with E-state index in [0.29, 0.717) is 6.54 Å². The lowest BCUT2D eigenvalue weighted by Crippen LogP contribution is -2.38. The van der Waals surface area contributed by atoms with E-state index in [-0.39, 0.29) is 5.78 Å². The first-order chi connectivity index (χ1) is 8.56. The molecule has 1 aliphatic rings. The summed E-state index contributed by atoms with van der Waals surface area (Å²) in [7, 11) is 0. The largest absolute Gasteiger partial charge is 0.296 e. The maximum Gasteiger partial charge on any atom is 0.186 e. The third-order valence-electron chi connectivity index (χ3n) is 3.79. The number of likely N-dealkylation sites (tertiary alicyclic amines) is 1. The first-order valence-corrected chi connectivity index (χ1v) is 8.18. The zero-order valence-electron chi connectivity index (χ0n) is 11.0.